The number of nitrogens with zero attached hydrogens (tertiary/aromatic N) is 2. The van der Waals surface area contributed by atoms with Crippen LogP contribution in [0.15, 0.2) is 12.4 Å². The summed E-state index contributed by atoms with van der Waals surface area (Å²) in [7, 11) is 1.79. The van der Waals surface area contributed by atoms with Gasteiger partial charge in [-0.05, 0) is 6.92 Å². The Morgan fingerprint density at radius 1 is 1.85 bits per heavy atom. The van der Waals surface area contributed by atoms with Gasteiger partial charge in [0.2, 0.25) is 5.91 Å². The fourth-order valence-corrected chi connectivity index (χ4v) is 0.990. The first-order chi connectivity index (χ1) is 6.08. The Hall–Kier alpha value is -1.36. The summed E-state index contributed by atoms with van der Waals surface area (Å²) in [6.45, 7) is 1.79. The monoisotopic (exact) mass is 182 g/mol. The molecular formula is C8H14N4O. The van der Waals surface area contributed by atoms with Crippen molar-refractivity contribution in [3.63, 3.8) is 0 Å². The third kappa shape index (κ3) is 3.25. The summed E-state index contributed by atoms with van der Waals surface area (Å²) in [6, 6.07) is -0.114. The topological polar surface area (TPSA) is 72.9 Å². The minimum atomic E-state index is -0.114. The maximum absolute atomic E-state index is 11.2. The minimum absolute atomic E-state index is 0.0806. The molecule has 5 heteroatoms. The highest BCUT2D eigenvalue weighted by Crippen LogP contribution is 2.04. The van der Waals surface area contributed by atoms with Gasteiger partial charge in [-0.3, -0.25) is 9.48 Å². The maximum Gasteiger partial charge on any atom is 0.226 e. The third-order valence-corrected chi connectivity index (χ3v) is 1.50. The first-order valence-electron chi connectivity index (χ1n) is 4.12. The molecule has 1 unspecified atom stereocenters. The van der Waals surface area contributed by atoms with Gasteiger partial charge < -0.3 is 11.1 Å². The minimum Gasteiger partial charge on any atom is -0.327 e. The molecule has 0 saturated carbocycles. The average molecular weight is 182 g/mol. The predicted molar refractivity (Wildman–Crippen MR) is 50.1 cm³/mol. The number of aromatic nitrogens is 2. The Bertz CT molecular complexity index is 292. The number of aryl methyl sites for hydroxylation is 1. The highest BCUT2D eigenvalue weighted by Gasteiger charge is 2.05. The van der Waals surface area contributed by atoms with Gasteiger partial charge in [0.15, 0.2) is 0 Å². The molecule has 0 aliphatic rings. The smallest absolute Gasteiger partial charge is 0.226 e. The lowest BCUT2D eigenvalue weighted by atomic mass is 10.2. The van der Waals surface area contributed by atoms with Gasteiger partial charge >= 0.3 is 0 Å². The number of amides is 1. The van der Waals surface area contributed by atoms with Crippen LogP contribution in [0.25, 0.3) is 0 Å². The van der Waals surface area contributed by atoms with Crippen LogP contribution in [-0.4, -0.2) is 21.7 Å². The van der Waals surface area contributed by atoms with E-state index in [4.69, 9.17) is 5.73 Å². The van der Waals surface area contributed by atoms with Gasteiger partial charge in [0, 0.05) is 25.7 Å². The first-order valence-corrected chi connectivity index (χ1v) is 4.12. The van der Waals surface area contributed by atoms with Crippen LogP contribution < -0.4 is 11.1 Å². The maximum atomic E-state index is 11.2. The van der Waals surface area contributed by atoms with E-state index in [0.29, 0.717) is 12.1 Å². The molecule has 1 aromatic rings. The van der Waals surface area contributed by atoms with E-state index in [9.17, 15) is 4.79 Å². The van der Waals surface area contributed by atoms with Crippen LogP contribution in [0.4, 0.5) is 5.69 Å². The van der Waals surface area contributed by atoms with Gasteiger partial charge in [0.05, 0.1) is 11.9 Å². The normalized spacial score (nSPS) is 12.5. The number of carbonyl (C=O) groups is 1. The molecular weight excluding hydrogens is 168 g/mol. The Labute approximate surface area is 76.9 Å². The van der Waals surface area contributed by atoms with Crippen molar-refractivity contribution in [1.29, 1.82) is 0 Å². The number of anilines is 1. The van der Waals surface area contributed by atoms with Crippen LogP contribution in [0, 0.1) is 0 Å². The van der Waals surface area contributed by atoms with E-state index >= 15 is 0 Å². The molecule has 1 rings (SSSR count). The van der Waals surface area contributed by atoms with Crippen molar-refractivity contribution in [2.75, 3.05) is 5.32 Å². The van der Waals surface area contributed by atoms with Crippen molar-refractivity contribution in [2.24, 2.45) is 12.8 Å². The van der Waals surface area contributed by atoms with Crippen molar-refractivity contribution in [2.45, 2.75) is 19.4 Å². The number of rotatable bonds is 3. The second kappa shape index (κ2) is 4.04. The quantitative estimate of drug-likeness (QED) is 0.696. The Kier molecular flexibility index (Phi) is 3.02. The van der Waals surface area contributed by atoms with Crippen LogP contribution in [0.1, 0.15) is 13.3 Å². The molecule has 0 saturated heterocycles. The van der Waals surface area contributed by atoms with E-state index in [1.165, 1.54) is 0 Å². The van der Waals surface area contributed by atoms with Gasteiger partial charge in [-0.2, -0.15) is 5.10 Å². The first kappa shape index (κ1) is 9.73. The fourth-order valence-electron chi connectivity index (χ4n) is 0.990. The molecule has 0 spiro atoms. The SMILES string of the molecule is CC(N)CC(=O)Nc1cnn(C)c1. The van der Waals surface area contributed by atoms with Crippen molar-refractivity contribution >= 4 is 11.6 Å². The van der Waals surface area contributed by atoms with Gasteiger partial charge in [0.1, 0.15) is 0 Å². The van der Waals surface area contributed by atoms with Gasteiger partial charge in [-0.15, -0.1) is 0 Å². The Morgan fingerprint density at radius 2 is 2.54 bits per heavy atom. The molecule has 0 aliphatic heterocycles. The second-order valence-electron chi connectivity index (χ2n) is 3.13. The zero-order chi connectivity index (χ0) is 9.84. The summed E-state index contributed by atoms with van der Waals surface area (Å²) in [4.78, 5) is 11.2. The number of hydrogen-bond acceptors (Lipinski definition) is 3. The zero-order valence-electron chi connectivity index (χ0n) is 7.82. The van der Waals surface area contributed by atoms with Gasteiger partial charge in [-0.1, -0.05) is 0 Å². The molecule has 3 N–H and O–H groups in total. The lowest BCUT2D eigenvalue weighted by Gasteiger charge is -2.04. The van der Waals surface area contributed by atoms with Crippen molar-refractivity contribution in [3.05, 3.63) is 12.4 Å². The van der Waals surface area contributed by atoms with E-state index < -0.39 is 0 Å². The van der Waals surface area contributed by atoms with E-state index in [-0.39, 0.29) is 11.9 Å². The largest absolute Gasteiger partial charge is 0.327 e. The number of carbonyl (C=O) groups excluding carboxylic acids is 1. The van der Waals surface area contributed by atoms with Crippen LogP contribution in [0.3, 0.4) is 0 Å². The molecule has 1 aromatic heterocycles. The van der Waals surface area contributed by atoms with Crippen LogP contribution >= 0.6 is 0 Å². The van der Waals surface area contributed by atoms with Crippen LogP contribution in [-0.2, 0) is 11.8 Å². The van der Waals surface area contributed by atoms with E-state index in [1.54, 1.807) is 31.0 Å². The molecule has 1 heterocycles. The highest BCUT2D eigenvalue weighted by molar-refractivity contribution is 5.90. The van der Waals surface area contributed by atoms with Crippen molar-refractivity contribution < 1.29 is 4.79 Å². The Balaban J connectivity index is 2.45. The molecule has 72 valence electrons. The zero-order valence-corrected chi connectivity index (χ0v) is 7.82. The summed E-state index contributed by atoms with van der Waals surface area (Å²) in [6.07, 6.45) is 3.66. The van der Waals surface area contributed by atoms with Crippen molar-refractivity contribution in [3.8, 4) is 0 Å². The molecule has 0 radical (unpaired) electrons. The summed E-state index contributed by atoms with van der Waals surface area (Å²) < 4.78 is 1.63. The van der Waals surface area contributed by atoms with E-state index in [1.807, 2.05) is 0 Å². The number of nitrogens with two attached hydrogens (primary N) is 1. The molecule has 0 aliphatic carbocycles. The standard InChI is InChI=1S/C8H14N4O/c1-6(9)3-8(13)11-7-4-10-12(2)5-7/h4-6H,3,9H2,1-2H3,(H,11,13). The fraction of sp³-hybridized carbons (Fsp3) is 0.500. The van der Waals surface area contributed by atoms with E-state index in [2.05, 4.69) is 10.4 Å². The lowest BCUT2D eigenvalue weighted by Crippen LogP contribution is -2.23. The number of nitrogens with one attached hydrogen (secondary N) is 1. The molecule has 1 amide bonds. The predicted octanol–water partition coefficient (Wildman–Crippen LogP) is 0.0959. The summed E-state index contributed by atoms with van der Waals surface area (Å²) in [5.74, 6) is -0.0806. The van der Waals surface area contributed by atoms with Gasteiger partial charge in [0.25, 0.3) is 0 Å². The summed E-state index contributed by atoms with van der Waals surface area (Å²) in [5, 5.41) is 6.61. The van der Waals surface area contributed by atoms with Crippen molar-refractivity contribution in [1.82, 2.24) is 9.78 Å². The average Bonchev–Trinajstić information content (AvgIpc) is 2.33. The van der Waals surface area contributed by atoms with Crippen LogP contribution in [0.5, 0.6) is 0 Å². The van der Waals surface area contributed by atoms with Gasteiger partial charge in [-0.25, -0.2) is 0 Å². The molecule has 0 fully saturated rings. The summed E-state index contributed by atoms with van der Waals surface area (Å²) in [5.41, 5.74) is 6.17. The third-order valence-electron chi connectivity index (χ3n) is 1.50. The number of hydrogen-bond donors (Lipinski definition) is 2. The molecule has 0 aromatic carbocycles. The molecule has 1 atom stereocenters. The molecule has 0 bridgehead atoms. The van der Waals surface area contributed by atoms with Crippen LogP contribution in [0.2, 0.25) is 0 Å². The lowest BCUT2D eigenvalue weighted by molar-refractivity contribution is -0.116. The Morgan fingerprint density at radius 3 is 3.00 bits per heavy atom. The molecule has 5 nitrogen and oxygen atoms in total. The molecule has 13 heavy (non-hydrogen) atoms. The van der Waals surface area contributed by atoms with E-state index in [0.717, 1.165) is 0 Å². The second-order valence-corrected chi connectivity index (χ2v) is 3.13. The summed E-state index contributed by atoms with van der Waals surface area (Å²) >= 11 is 0. The highest BCUT2D eigenvalue weighted by atomic mass is 16.1.